The molecule has 0 fully saturated rings. The summed E-state index contributed by atoms with van der Waals surface area (Å²) in [6, 6.07) is 6.00. The molecular formula is C14H20O3. The van der Waals surface area contributed by atoms with Gasteiger partial charge in [-0.05, 0) is 44.4 Å². The van der Waals surface area contributed by atoms with E-state index in [1.807, 2.05) is 45.9 Å². The van der Waals surface area contributed by atoms with Gasteiger partial charge in [-0.3, -0.25) is 0 Å². The predicted octanol–water partition coefficient (Wildman–Crippen LogP) is 2.72. The molecule has 3 nitrogen and oxygen atoms in total. The fourth-order valence-corrected chi connectivity index (χ4v) is 1.67. The second kappa shape index (κ2) is 5.82. The van der Waals surface area contributed by atoms with Crippen LogP contribution in [0.15, 0.2) is 18.2 Å². The number of carboxylic acids is 1. The number of aryl methyl sites for hydroxylation is 2. The van der Waals surface area contributed by atoms with Crippen molar-refractivity contribution < 1.29 is 14.6 Å². The van der Waals surface area contributed by atoms with Crippen LogP contribution in [0.3, 0.4) is 0 Å². The van der Waals surface area contributed by atoms with Gasteiger partial charge in [-0.15, -0.1) is 0 Å². The standard InChI is InChI=1S/C14H20O3/c1-9(2)17-13(14(15)16)8-12-6-5-10(3)11(4)7-12/h5-7,9,13H,8H2,1-4H3,(H,15,16). The van der Waals surface area contributed by atoms with E-state index >= 15 is 0 Å². The first kappa shape index (κ1) is 13.7. The van der Waals surface area contributed by atoms with Crippen molar-refractivity contribution in [3.8, 4) is 0 Å². The Labute approximate surface area is 102 Å². The van der Waals surface area contributed by atoms with Crippen LogP contribution in [0.25, 0.3) is 0 Å². The van der Waals surface area contributed by atoms with E-state index in [0.717, 1.165) is 5.56 Å². The summed E-state index contributed by atoms with van der Waals surface area (Å²) in [6.45, 7) is 7.75. The SMILES string of the molecule is Cc1ccc(CC(OC(C)C)C(=O)O)cc1C. The van der Waals surface area contributed by atoms with E-state index in [4.69, 9.17) is 9.84 Å². The molecule has 1 aromatic rings. The third-order valence-electron chi connectivity index (χ3n) is 2.70. The minimum absolute atomic E-state index is 0.0809. The smallest absolute Gasteiger partial charge is 0.333 e. The van der Waals surface area contributed by atoms with E-state index in [0.29, 0.717) is 6.42 Å². The van der Waals surface area contributed by atoms with E-state index in [1.54, 1.807) is 0 Å². The van der Waals surface area contributed by atoms with E-state index in [-0.39, 0.29) is 6.10 Å². The van der Waals surface area contributed by atoms with Gasteiger partial charge < -0.3 is 9.84 Å². The Morgan fingerprint density at radius 1 is 1.29 bits per heavy atom. The van der Waals surface area contributed by atoms with Gasteiger partial charge in [0.25, 0.3) is 0 Å². The summed E-state index contributed by atoms with van der Waals surface area (Å²) in [5, 5.41) is 9.08. The maximum atomic E-state index is 11.1. The number of hydrogen-bond donors (Lipinski definition) is 1. The first-order valence-electron chi connectivity index (χ1n) is 5.84. The van der Waals surface area contributed by atoms with E-state index in [1.165, 1.54) is 11.1 Å². The topological polar surface area (TPSA) is 46.5 Å². The maximum Gasteiger partial charge on any atom is 0.333 e. The molecular weight excluding hydrogens is 216 g/mol. The number of carboxylic acid groups (broad SMARTS) is 1. The Morgan fingerprint density at radius 2 is 1.94 bits per heavy atom. The molecule has 3 heteroatoms. The van der Waals surface area contributed by atoms with Crippen molar-refractivity contribution in [2.24, 2.45) is 0 Å². The van der Waals surface area contributed by atoms with E-state index in [9.17, 15) is 4.79 Å². The summed E-state index contributed by atoms with van der Waals surface area (Å²) >= 11 is 0. The van der Waals surface area contributed by atoms with Gasteiger partial charge in [0.05, 0.1) is 6.10 Å². The summed E-state index contributed by atoms with van der Waals surface area (Å²) in [7, 11) is 0. The van der Waals surface area contributed by atoms with Crippen molar-refractivity contribution in [3.05, 3.63) is 34.9 Å². The minimum atomic E-state index is -0.906. The summed E-state index contributed by atoms with van der Waals surface area (Å²) in [5.41, 5.74) is 3.39. The van der Waals surface area contributed by atoms with Gasteiger partial charge in [-0.2, -0.15) is 0 Å². The zero-order valence-corrected chi connectivity index (χ0v) is 10.9. The van der Waals surface area contributed by atoms with E-state index in [2.05, 4.69) is 0 Å². The van der Waals surface area contributed by atoms with Crippen molar-refractivity contribution in [2.45, 2.75) is 46.3 Å². The lowest BCUT2D eigenvalue weighted by molar-refractivity contribution is -0.153. The Bertz CT molecular complexity index is 396. The van der Waals surface area contributed by atoms with Crippen LogP contribution in [0.4, 0.5) is 0 Å². The molecule has 94 valence electrons. The molecule has 0 amide bonds. The molecule has 0 aromatic heterocycles. The monoisotopic (exact) mass is 236 g/mol. The molecule has 0 heterocycles. The fraction of sp³-hybridized carbons (Fsp3) is 0.500. The molecule has 0 aliphatic carbocycles. The Kier molecular flexibility index (Phi) is 4.70. The lowest BCUT2D eigenvalue weighted by Gasteiger charge is -2.17. The highest BCUT2D eigenvalue weighted by molar-refractivity contribution is 5.72. The number of carbonyl (C=O) groups is 1. The molecule has 0 spiro atoms. The zero-order chi connectivity index (χ0) is 13.0. The van der Waals surface area contributed by atoms with Crippen LogP contribution in [-0.4, -0.2) is 23.3 Å². The van der Waals surface area contributed by atoms with Crippen molar-refractivity contribution in [3.63, 3.8) is 0 Å². The Balaban J connectivity index is 2.78. The quantitative estimate of drug-likeness (QED) is 0.855. The third kappa shape index (κ3) is 4.19. The maximum absolute atomic E-state index is 11.1. The number of aliphatic carboxylic acids is 1. The largest absolute Gasteiger partial charge is 0.479 e. The number of ether oxygens (including phenoxy) is 1. The van der Waals surface area contributed by atoms with Gasteiger partial charge in [-0.1, -0.05) is 18.2 Å². The summed E-state index contributed by atoms with van der Waals surface area (Å²) in [6.07, 6.45) is -0.436. The van der Waals surface area contributed by atoms with Crippen molar-refractivity contribution in [1.82, 2.24) is 0 Å². The molecule has 1 atom stereocenters. The lowest BCUT2D eigenvalue weighted by atomic mass is 10.0. The van der Waals surface area contributed by atoms with Crippen LogP contribution in [-0.2, 0) is 16.0 Å². The average Bonchev–Trinajstić information content (AvgIpc) is 2.21. The van der Waals surface area contributed by atoms with Crippen LogP contribution >= 0.6 is 0 Å². The predicted molar refractivity (Wildman–Crippen MR) is 67.3 cm³/mol. The normalized spacial score (nSPS) is 12.8. The molecule has 1 unspecified atom stereocenters. The van der Waals surface area contributed by atoms with Crippen LogP contribution in [0.2, 0.25) is 0 Å². The number of rotatable bonds is 5. The zero-order valence-electron chi connectivity index (χ0n) is 10.9. The molecule has 0 aliphatic heterocycles. The molecule has 0 radical (unpaired) electrons. The van der Waals surface area contributed by atoms with Gasteiger partial charge in [-0.25, -0.2) is 4.79 Å². The molecule has 1 N–H and O–H groups in total. The fourth-order valence-electron chi connectivity index (χ4n) is 1.67. The highest BCUT2D eigenvalue weighted by atomic mass is 16.5. The van der Waals surface area contributed by atoms with Crippen molar-refractivity contribution in [1.29, 1.82) is 0 Å². The van der Waals surface area contributed by atoms with E-state index < -0.39 is 12.1 Å². The molecule has 0 saturated carbocycles. The van der Waals surface area contributed by atoms with Crippen molar-refractivity contribution >= 4 is 5.97 Å². The Morgan fingerprint density at radius 3 is 2.41 bits per heavy atom. The van der Waals surface area contributed by atoms with Gasteiger partial charge in [0, 0.05) is 6.42 Å². The summed E-state index contributed by atoms with van der Waals surface area (Å²) in [4.78, 5) is 11.1. The van der Waals surface area contributed by atoms with Crippen LogP contribution in [0, 0.1) is 13.8 Å². The summed E-state index contributed by atoms with van der Waals surface area (Å²) in [5.74, 6) is -0.906. The first-order valence-corrected chi connectivity index (χ1v) is 5.84. The molecule has 0 saturated heterocycles. The molecule has 0 aliphatic rings. The van der Waals surface area contributed by atoms with Crippen LogP contribution in [0.1, 0.15) is 30.5 Å². The minimum Gasteiger partial charge on any atom is -0.479 e. The van der Waals surface area contributed by atoms with Crippen LogP contribution < -0.4 is 0 Å². The Hall–Kier alpha value is -1.35. The average molecular weight is 236 g/mol. The van der Waals surface area contributed by atoms with Gasteiger partial charge >= 0.3 is 5.97 Å². The second-order valence-corrected chi connectivity index (χ2v) is 4.63. The van der Waals surface area contributed by atoms with Gasteiger partial charge in [0.15, 0.2) is 6.10 Å². The van der Waals surface area contributed by atoms with Gasteiger partial charge in [0.2, 0.25) is 0 Å². The molecule has 1 aromatic carbocycles. The van der Waals surface area contributed by atoms with Gasteiger partial charge in [0.1, 0.15) is 0 Å². The highest BCUT2D eigenvalue weighted by Crippen LogP contribution is 2.13. The molecule has 1 rings (SSSR count). The first-order chi connectivity index (χ1) is 7.90. The second-order valence-electron chi connectivity index (χ2n) is 4.63. The van der Waals surface area contributed by atoms with Crippen LogP contribution in [0.5, 0.6) is 0 Å². The number of benzene rings is 1. The third-order valence-corrected chi connectivity index (χ3v) is 2.70. The number of hydrogen-bond acceptors (Lipinski definition) is 2. The lowest BCUT2D eigenvalue weighted by Crippen LogP contribution is -2.29. The molecule has 17 heavy (non-hydrogen) atoms. The van der Waals surface area contributed by atoms with Crippen molar-refractivity contribution in [2.75, 3.05) is 0 Å². The highest BCUT2D eigenvalue weighted by Gasteiger charge is 2.20. The molecule has 0 bridgehead atoms. The summed E-state index contributed by atoms with van der Waals surface area (Å²) < 4.78 is 5.39.